The summed E-state index contributed by atoms with van der Waals surface area (Å²) in [4.78, 5) is 16.6. The predicted octanol–water partition coefficient (Wildman–Crippen LogP) is 4.00. The third-order valence-corrected chi connectivity index (χ3v) is 4.69. The van der Waals surface area contributed by atoms with Gasteiger partial charge in [-0.05, 0) is 48.5 Å². The summed E-state index contributed by atoms with van der Waals surface area (Å²) in [5.41, 5.74) is 1.56. The highest BCUT2D eigenvalue weighted by Gasteiger charge is 2.19. The fourth-order valence-electron chi connectivity index (χ4n) is 3.06. The van der Waals surface area contributed by atoms with E-state index in [9.17, 15) is 13.6 Å². The molecule has 5 heteroatoms. The molecule has 136 valence electrons. The molecule has 0 N–H and O–H groups in total. The van der Waals surface area contributed by atoms with Crippen LogP contribution in [-0.2, 0) is 0 Å². The Kier molecular flexibility index (Phi) is 5.78. The molecule has 0 unspecified atom stereocenters. The van der Waals surface area contributed by atoms with Crippen LogP contribution >= 0.6 is 0 Å². The molecule has 0 atom stereocenters. The zero-order valence-electron chi connectivity index (χ0n) is 14.8. The van der Waals surface area contributed by atoms with Crippen LogP contribution in [0.5, 0.6) is 0 Å². The van der Waals surface area contributed by atoms with Crippen molar-refractivity contribution in [2.45, 2.75) is 6.92 Å². The van der Waals surface area contributed by atoms with E-state index in [0.717, 1.165) is 32.7 Å². The van der Waals surface area contributed by atoms with Gasteiger partial charge in [-0.25, -0.2) is 8.78 Å². The molecular formula is C21H22F2N2O. The largest absolute Gasteiger partial charge is 0.367 e. The van der Waals surface area contributed by atoms with Crippen molar-refractivity contribution in [3.8, 4) is 0 Å². The Morgan fingerprint density at radius 1 is 1.04 bits per heavy atom. The van der Waals surface area contributed by atoms with Crippen LogP contribution in [0.3, 0.4) is 0 Å². The molecule has 1 heterocycles. The molecule has 3 nitrogen and oxygen atoms in total. The Morgan fingerprint density at radius 2 is 1.73 bits per heavy atom. The number of allylic oxidation sites excluding steroid dienone is 1. The average Bonchev–Trinajstić information content (AvgIpc) is 2.67. The standard InChI is InChI=1S/C21H22F2N2O/c1-2-24-11-13-25(14-12-24)20-9-6-17(15-19(20)23)21(26)10-5-16-3-7-18(22)8-4-16/h3-10,15H,2,11-14H2,1H3/b10-5+. The second-order valence-electron chi connectivity index (χ2n) is 6.34. The summed E-state index contributed by atoms with van der Waals surface area (Å²) >= 11 is 0. The first-order valence-electron chi connectivity index (χ1n) is 8.81. The van der Waals surface area contributed by atoms with Crippen LogP contribution in [0, 0.1) is 11.6 Å². The minimum absolute atomic E-state index is 0.282. The van der Waals surface area contributed by atoms with E-state index in [0.29, 0.717) is 16.8 Å². The Balaban J connectivity index is 1.68. The third-order valence-electron chi connectivity index (χ3n) is 4.69. The minimum atomic E-state index is -0.379. The number of carbonyl (C=O) groups excluding carboxylic acids is 1. The van der Waals surface area contributed by atoms with E-state index in [1.807, 2.05) is 4.90 Å². The third kappa shape index (κ3) is 4.35. The van der Waals surface area contributed by atoms with E-state index in [1.165, 1.54) is 24.3 Å². The molecule has 0 spiro atoms. The lowest BCUT2D eigenvalue weighted by Crippen LogP contribution is -2.46. The first-order chi connectivity index (χ1) is 12.6. The summed E-state index contributed by atoms with van der Waals surface area (Å²) in [6, 6.07) is 10.4. The molecule has 1 saturated heterocycles. The molecule has 0 bridgehead atoms. The number of anilines is 1. The van der Waals surface area contributed by atoms with Crippen molar-refractivity contribution in [3.63, 3.8) is 0 Å². The maximum absolute atomic E-state index is 14.5. The lowest BCUT2D eigenvalue weighted by molar-refractivity contribution is 0.104. The maximum Gasteiger partial charge on any atom is 0.185 e. The summed E-state index contributed by atoms with van der Waals surface area (Å²) < 4.78 is 27.4. The zero-order valence-corrected chi connectivity index (χ0v) is 14.8. The second-order valence-corrected chi connectivity index (χ2v) is 6.34. The van der Waals surface area contributed by atoms with Crippen LogP contribution in [0.2, 0.25) is 0 Å². The van der Waals surface area contributed by atoms with E-state index in [1.54, 1.807) is 30.3 Å². The minimum Gasteiger partial charge on any atom is -0.367 e. The van der Waals surface area contributed by atoms with Gasteiger partial charge in [0.2, 0.25) is 0 Å². The number of ketones is 1. The maximum atomic E-state index is 14.5. The predicted molar refractivity (Wildman–Crippen MR) is 100 cm³/mol. The van der Waals surface area contributed by atoms with Gasteiger partial charge in [0.25, 0.3) is 0 Å². The fraction of sp³-hybridized carbons (Fsp3) is 0.286. The number of hydrogen-bond acceptors (Lipinski definition) is 3. The summed E-state index contributed by atoms with van der Waals surface area (Å²) in [5.74, 6) is -0.988. The molecule has 0 radical (unpaired) electrons. The number of nitrogens with zero attached hydrogens (tertiary/aromatic N) is 2. The molecule has 1 aliphatic rings. The molecule has 2 aromatic rings. The van der Waals surface area contributed by atoms with Crippen molar-refractivity contribution in [3.05, 3.63) is 71.3 Å². The number of carbonyl (C=O) groups is 1. The van der Waals surface area contributed by atoms with Crippen LogP contribution in [0.25, 0.3) is 6.08 Å². The molecule has 1 fully saturated rings. The van der Waals surface area contributed by atoms with Gasteiger partial charge < -0.3 is 9.80 Å². The monoisotopic (exact) mass is 356 g/mol. The molecule has 0 amide bonds. The molecule has 2 aromatic carbocycles. The summed E-state index contributed by atoms with van der Waals surface area (Å²) in [6.45, 7) is 6.51. The SMILES string of the molecule is CCN1CCN(c2ccc(C(=O)/C=C/c3ccc(F)cc3)cc2F)CC1. The first-order valence-corrected chi connectivity index (χ1v) is 8.81. The lowest BCUT2D eigenvalue weighted by atomic mass is 10.1. The molecule has 0 aliphatic carbocycles. The number of hydrogen-bond donors (Lipinski definition) is 0. The topological polar surface area (TPSA) is 23.6 Å². The number of rotatable bonds is 5. The number of piperazine rings is 1. The van der Waals surface area contributed by atoms with Crippen LogP contribution in [-0.4, -0.2) is 43.4 Å². The van der Waals surface area contributed by atoms with Gasteiger partial charge in [-0.1, -0.05) is 25.1 Å². The highest BCUT2D eigenvalue weighted by atomic mass is 19.1. The highest BCUT2D eigenvalue weighted by Crippen LogP contribution is 2.22. The molecule has 0 saturated carbocycles. The van der Waals surface area contributed by atoms with Gasteiger partial charge >= 0.3 is 0 Å². The van der Waals surface area contributed by atoms with Gasteiger partial charge in [0, 0.05) is 31.7 Å². The van der Waals surface area contributed by atoms with Crippen molar-refractivity contribution in [2.75, 3.05) is 37.6 Å². The Bertz CT molecular complexity index is 794. The van der Waals surface area contributed by atoms with Crippen LogP contribution < -0.4 is 4.90 Å². The zero-order chi connectivity index (χ0) is 18.5. The van der Waals surface area contributed by atoms with Crippen LogP contribution in [0.15, 0.2) is 48.5 Å². The molecule has 26 heavy (non-hydrogen) atoms. The fourth-order valence-corrected chi connectivity index (χ4v) is 3.06. The Labute approximate surface area is 152 Å². The van der Waals surface area contributed by atoms with E-state index in [4.69, 9.17) is 0 Å². The van der Waals surface area contributed by atoms with Crippen molar-refractivity contribution in [2.24, 2.45) is 0 Å². The van der Waals surface area contributed by atoms with Crippen molar-refractivity contribution in [1.29, 1.82) is 0 Å². The molecule has 1 aliphatic heterocycles. The van der Waals surface area contributed by atoms with Crippen molar-refractivity contribution < 1.29 is 13.6 Å². The number of benzene rings is 2. The Morgan fingerprint density at radius 3 is 2.35 bits per heavy atom. The lowest BCUT2D eigenvalue weighted by Gasteiger charge is -2.35. The van der Waals surface area contributed by atoms with Gasteiger partial charge in [-0.3, -0.25) is 4.79 Å². The second kappa shape index (κ2) is 8.23. The summed E-state index contributed by atoms with van der Waals surface area (Å²) in [5, 5.41) is 0. The van der Waals surface area contributed by atoms with Crippen molar-refractivity contribution >= 4 is 17.5 Å². The van der Waals surface area contributed by atoms with Gasteiger partial charge in [0.1, 0.15) is 11.6 Å². The van der Waals surface area contributed by atoms with E-state index in [-0.39, 0.29) is 17.4 Å². The molecule has 0 aromatic heterocycles. The highest BCUT2D eigenvalue weighted by molar-refractivity contribution is 6.07. The van der Waals surface area contributed by atoms with Gasteiger partial charge in [0.15, 0.2) is 5.78 Å². The van der Waals surface area contributed by atoms with E-state index < -0.39 is 0 Å². The number of likely N-dealkylation sites (N-methyl/N-ethyl adjacent to an activating group) is 1. The molecular weight excluding hydrogens is 334 g/mol. The molecule has 3 rings (SSSR count). The van der Waals surface area contributed by atoms with Crippen molar-refractivity contribution in [1.82, 2.24) is 4.90 Å². The summed E-state index contributed by atoms with van der Waals surface area (Å²) in [6.07, 6.45) is 2.97. The van der Waals surface area contributed by atoms with Crippen LogP contribution in [0.1, 0.15) is 22.8 Å². The first kappa shape index (κ1) is 18.3. The Hall–Kier alpha value is -2.53. The quantitative estimate of drug-likeness (QED) is 0.598. The smallest absolute Gasteiger partial charge is 0.185 e. The van der Waals surface area contributed by atoms with Gasteiger partial charge in [0.05, 0.1) is 5.69 Å². The van der Waals surface area contributed by atoms with Gasteiger partial charge in [-0.2, -0.15) is 0 Å². The van der Waals surface area contributed by atoms with Gasteiger partial charge in [-0.15, -0.1) is 0 Å². The summed E-state index contributed by atoms with van der Waals surface area (Å²) in [7, 11) is 0. The average molecular weight is 356 g/mol. The van der Waals surface area contributed by atoms with E-state index in [2.05, 4.69) is 11.8 Å². The number of halogens is 2. The van der Waals surface area contributed by atoms with Crippen LogP contribution in [0.4, 0.5) is 14.5 Å². The normalized spacial score (nSPS) is 15.6. The van der Waals surface area contributed by atoms with E-state index >= 15 is 0 Å².